The number of nitrogens with one attached hydrogen (secondary N) is 1. The van der Waals surface area contributed by atoms with Crippen molar-refractivity contribution in [1.82, 2.24) is 10.3 Å². The lowest BCUT2D eigenvalue weighted by Gasteiger charge is -2.27. The molecule has 1 atom stereocenters. The van der Waals surface area contributed by atoms with Gasteiger partial charge in [-0.05, 0) is 37.2 Å². The standard InChI is InChI=1S/C14H16FN3/c1-18(10-6-8-16-9-10)13-5-4-12(15)14-11(13)3-2-7-17-14/h2-5,7,10,16H,6,8-9H2,1H3/t10-/m0/s1. The number of likely N-dealkylation sites (N-methyl/N-ethyl adjacent to an activating group) is 1. The minimum Gasteiger partial charge on any atom is -0.370 e. The van der Waals surface area contributed by atoms with E-state index in [0.717, 1.165) is 30.6 Å². The van der Waals surface area contributed by atoms with Gasteiger partial charge in [0.05, 0.1) is 0 Å². The van der Waals surface area contributed by atoms with Crippen molar-refractivity contribution >= 4 is 16.6 Å². The molecule has 1 N–H and O–H groups in total. The molecule has 3 nitrogen and oxygen atoms in total. The summed E-state index contributed by atoms with van der Waals surface area (Å²) in [6.45, 7) is 2.03. The fourth-order valence-corrected chi connectivity index (χ4v) is 2.60. The fraction of sp³-hybridized carbons (Fsp3) is 0.357. The Bertz CT molecular complexity index is 564. The normalized spacial score (nSPS) is 19.3. The van der Waals surface area contributed by atoms with E-state index in [1.54, 1.807) is 6.20 Å². The van der Waals surface area contributed by atoms with E-state index in [1.807, 2.05) is 18.2 Å². The lowest BCUT2D eigenvalue weighted by molar-refractivity contribution is 0.635. The van der Waals surface area contributed by atoms with Gasteiger partial charge >= 0.3 is 0 Å². The maximum atomic E-state index is 13.7. The van der Waals surface area contributed by atoms with E-state index in [2.05, 4.69) is 22.2 Å². The van der Waals surface area contributed by atoms with Crippen LogP contribution in [-0.4, -0.2) is 31.2 Å². The van der Waals surface area contributed by atoms with Crippen LogP contribution in [0.3, 0.4) is 0 Å². The van der Waals surface area contributed by atoms with Crippen LogP contribution in [0.4, 0.5) is 10.1 Å². The molecule has 0 spiro atoms. The third-order valence-corrected chi connectivity index (χ3v) is 3.66. The van der Waals surface area contributed by atoms with E-state index in [-0.39, 0.29) is 5.82 Å². The molecule has 94 valence electrons. The van der Waals surface area contributed by atoms with Crippen LogP contribution in [0.5, 0.6) is 0 Å². The highest BCUT2D eigenvalue weighted by Crippen LogP contribution is 2.28. The van der Waals surface area contributed by atoms with Crippen molar-refractivity contribution in [3.05, 3.63) is 36.3 Å². The molecule has 1 fully saturated rings. The van der Waals surface area contributed by atoms with E-state index < -0.39 is 0 Å². The summed E-state index contributed by atoms with van der Waals surface area (Å²) in [5, 5.41) is 4.23. The molecule has 1 aromatic heterocycles. The first-order valence-electron chi connectivity index (χ1n) is 6.24. The van der Waals surface area contributed by atoms with Gasteiger partial charge in [-0.3, -0.25) is 4.98 Å². The number of anilines is 1. The van der Waals surface area contributed by atoms with Gasteiger partial charge in [-0.25, -0.2) is 4.39 Å². The van der Waals surface area contributed by atoms with Gasteiger partial charge in [0.2, 0.25) is 0 Å². The highest BCUT2D eigenvalue weighted by Gasteiger charge is 2.21. The highest BCUT2D eigenvalue weighted by atomic mass is 19.1. The predicted molar refractivity (Wildman–Crippen MR) is 71.4 cm³/mol. The van der Waals surface area contributed by atoms with Gasteiger partial charge in [0.1, 0.15) is 11.3 Å². The van der Waals surface area contributed by atoms with E-state index in [4.69, 9.17) is 0 Å². The molecule has 0 saturated carbocycles. The van der Waals surface area contributed by atoms with Crippen molar-refractivity contribution in [3.63, 3.8) is 0 Å². The van der Waals surface area contributed by atoms with Gasteiger partial charge in [0, 0.05) is 36.9 Å². The molecule has 2 heterocycles. The molecule has 0 bridgehead atoms. The zero-order valence-electron chi connectivity index (χ0n) is 10.4. The number of rotatable bonds is 2. The molecular formula is C14H16FN3. The summed E-state index contributed by atoms with van der Waals surface area (Å²) < 4.78 is 13.7. The Morgan fingerprint density at radius 2 is 2.28 bits per heavy atom. The SMILES string of the molecule is CN(c1ccc(F)c2ncccc12)[C@H]1CCNC1. The van der Waals surface area contributed by atoms with Crippen molar-refractivity contribution in [2.45, 2.75) is 12.5 Å². The first-order valence-corrected chi connectivity index (χ1v) is 6.24. The van der Waals surface area contributed by atoms with Gasteiger partial charge < -0.3 is 10.2 Å². The van der Waals surface area contributed by atoms with E-state index in [9.17, 15) is 4.39 Å². The number of hydrogen-bond acceptors (Lipinski definition) is 3. The van der Waals surface area contributed by atoms with Crippen molar-refractivity contribution < 1.29 is 4.39 Å². The summed E-state index contributed by atoms with van der Waals surface area (Å²) in [5.74, 6) is -0.257. The molecule has 2 aromatic rings. The van der Waals surface area contributed by atoms with Crippen molar-refractivity contribution in [1.29, 1.82) is 0 Å². The summed E-state index contributed by atoms with van der Waals surface area (Å²) in [6, 6.07) is 7.60. The van der Waals surface area contributed by atoms with Crippen LogP contribution in [0.1, 0.15) is 6.42 Å². The van der Waals surface area contributed by atoms with Crippen LogP contribution < -0.4 is 10.2 Å². The smallest absolute Gasteiger partial charge is 0.149 e. The molecule has 1 saturated heterocycles. The van der Waals surface area contributed by atoms with E-state index >= 15 is 0 Å². The Labute approximate surface area is 106 Å². The molecule has 1 aliphatic rings. The number of benzene rings is 1. The summed E-state index contributed by atoms with van der Waals surface area (Å²) in [5.41, 5.74) is 1.50. The fourth-order valence-electron chi connectivity index (χ4n) is 2.60. The molecule has 0 aliphatic carbocycles. The third kappa shape index (κ3) is 1.82. The van der Waals surface area contributed by atoms with Crippen LogP contribution >= 0.6 is 0 Å². The summed E-state index contributed by atoms with van der Waals surface area (Å²) >= 11 is 0. The average Bonchev–Trinajstić information content (AvgIpc) is 2.93. The highest BCUT2D eigenvalue weighted by molar-refractivity contribution is 5.92. The first-order chi connectivity index (χ1) is 8.77. The van der Waals surface area contributed by atoms with Crippen LogP contribution in [0, 0.1) is 5.82 Å². The van der Waals surface area contributed by atoms with Crippen LogP contribution in [0.2, 0.25) is 0 Å². The Kier molecular flexibility index (Phi) is 2.88. The molecule has 4 heteroatoms. The Hall–Kier alpha value is -1.68. The molecule has 0 amide bonds. The lowest BCUT2D eigenvalue weighted by atomic mass is 10.1. The number of aromatic nitrogens is 1. The molecule has 0 unspecified atom stereocenters. The second-order valence-electron chi connectivity index (χ2n) is 4.72. The largest absolute Gasteiger partial charge is 0.370 e. The van der Waals surface area contributed by atoms with Crippen LogP contribution in [-0.2, 0) is 0 Å². The maximum absolute atomic E-state index is 13.7. The van der Waals surface area contributed by atoms with Gasteiger partial charge in [0.25, 0.3) is 0 Å². The predicted octanol–water partition coefficient (Wildman–Crippen LogP) is 2.17. The van der Waals surface area contributed by atoms with Gasteiger partial charge in [-0.15, -0.1) is 0 Å². The minimum atomic E-state index is -0.257. The Balaban J connectivity index is 2.08. The monoisotopic (exact) mass is 245 g/mol. The quantitative estimate of drug-likeness (QED) is 0.879. The summed E-state index contributed by atoms with van der Waals surface area (Å²) in [6.07, 6.45) is 2.75. The van der Waals surface area contributed by atoms with Crippen LogP contribution in [0.15, 0.2) is 30.5 Å². The van der Waals surface area contributed by atoms with Crippen molar-refractivity contribution in [2.24, 2.45) is 0 Å². The first kappa shape index (κ1) is 11.4. The molecule has 3 rings (SSSR count). The second kappa shape index (κ2) is 4.53. The number of hydrogen-bond donors (Lipinski definition) is 1. The number of pyridine rings is 1. The zero-order chi connectivity index (χ0) is 12.5. The second-order valence-corrected chi connectivity index (χ2v) is 4.72. The third-order valence-electron chi connectivity index (χ3n) is 3.66. The van der Waals surface area contributed by atoms with Gasteiger partial charge in [0.15, 0.2) is 0 Å². The Morgan fingerprint density at radius 1 is 1.39 bits per heavy atom. The number of halogens is 1. The molecule has 1 aliphatic heterocycles. The van der Waals surface area contributed by atoms with Gasteiger partial charge in [-0.1, -0.05) is 0 Å². The molecule has 18 heavy (non-hydrogen) atoms. The topological polar surface area (TPSA) is 28.2 Å². The van der Waals surface area contributed by atoms with Crippen molar-refractivity contribution in [2.75, 3.05) is 25.0 Å². The summed E-state index contributed by atoms with van der Waals surface area (Å²) in [4.78, 5) is 6.36. The van der Waals surface area contributed by atoms with E-state index in [0.29, 0.717) is 11.6 Å². The van der Waals surface area contributed by atoms with Crippen molar-refractivity contribution in [3.8, 4) is 0 Å². The molecule has 0 radical (unpaired) electrons. The maximum Gasteiger partial charge on any atom is 0.149 e. The van der Waals surface area contributed by atoms with Crippen LogP contribution in [0.25, 0.3) is 10.9 Å². The average molecular weight is 245 g/mol. The minimum absolute atomic E-state index is 0.257. The summed E-state index contributed by atoms with van der Waals surface area (Å²) in [7, 11) is 2.07. The number of fused-ring (bicyclic) bond motifs is 1. The van der Waals surface area contributed by atoms with E-state index in [1.165, 1.54) is 6.07 Å². The lowest BCUT2D eigenvalue weighted by Crippen LogP contribution is -2.33. The molecular weight excluding hydrogens is 229 g/mol. The Morgan fingerprint density at radius 3 is 3.06 bits per heavy atom. The number of nitrogens with zero attached hydrogens (tertiary/aromatic N) is 2. The zero-order valence-corrected chi connectivity index (χ0v) is 10.4. The van der Waals surface area contributed by atoms with Gasteiger partial charge in [-0.2, -0.15) is 0 Å². The molecule has 1 aromatic carbocycles.